The Labute approximate surface area is 96.8 Å². The molecule has 82 valence electrons. The van der Waals surface area contributed by atoms with Crippen molar-refractivity contribution >= 4 is 39.2 Å². The van der Waals surface area contributed by atoms with Crippen LogP contribution in [-0.4, -0.2) is 0 Å². The third-order valence-corrected chi connectivity index (χ3v) is 3.06. The minimum Gasteiger partial charge on any atom is -0.460 e. The maximum atomic E-state index is 6.26. The van der Waals surface area contributed by atoms with Gasteiger partial charge < -0.3 is 14.6 Å². The number of furan rings is 2. The normalized spacial score (nSPS) is 11.7. The minimum absolute atomic E-state index is 0.559. The highest BCUT2D eigenvalue weighted by Gasteiger charge is 2.17. The molecule has 2 N–H and O–H groups in total. The highest BCUT2D eigenvalue weighted by atomic mass is 35.5. The second-order valence-electron chi connectivity index (χ2n) is 3.93. The maximum Gasteiger partial charge on any atom is 0.159 e. The Hall–Kier alpha value is -1.61. The van der Waals surface area contributed by atoms with Crippen LogP contribution in [0, 0.1) is 13.8 Å². The van der Waals surface area contributed by atoms with E-state index < -0.39 is 0 Å². The molecule has 2 aromatic heterocycles. The molecular formula is C12H10ClNO2. The lowest BCUT2D eigenvalue weighted by Crippen LogP contribution is -1.86. The van der Waals surface area contributed by atoms with Gasteiger partial charge in [-0.1, -0.05) is 11.6 Å². The third-order valence-electron chi connectivity index (χ3n) is 2.68. The van der Waals surface area contributed by atoms with Crippen molar-refractivity contribution in [3.8, 4) is 0 Å². The van der Waals surface area contributed by atoms with E-state index in [4.69, 9.17) is 26.2 Å². The molecule has 0 unspecified atom stereocenters. The topological polar surface area (TPSA) is 52.3 Å². The van der Waals surface area contributed by atoms with Crippen molar-refractivity contribution < 1.29 is 8.83 Å². The highest BCUT2D eigenvalue weighted by Crippen LogP contribution is 2.40. The summed E-state index contributed by atoms with van der Waals surface area (Å²) in [5.74, 6) is 1.57. The number of anilines is 1. The quantitative estimate of drug-likeness (QED) is 0.599. The van der Waals surface area contributed by atoms with Crippen LogP contribution in [0.2, 0.25) is 5.02 Å². The van der Waals surface area contributed by atoms with Crippen molar-refractivity contribution in [3.05, 3.63) is 28.7 Å². The number of hydrogen-bond acceptors (Lipinski definition) is 3. The van der Waals surface area contributed by atoms with Crippen molar-refractivity contribution in [2.24, 2.45) is 0 Å². The lowest BCUT2D eigenvalue weighted by molar-refractivity contribution is 0.576. The summed E-state index contributed by atoms with van der Waals surface area (Å²) in [5.41, 5.74) is 7.89. The average Bonchev–Trinajstić information content (AvgIpc) is 2.78. The lowest BCUT2D eigenvalue weighted by atomic mass is 10.1. The van der Waals surface area contributed by atoms with Gasteiger partial charge in [-0.15, -0.1) is 0 Å². The fourth-order valence-electron chi connectivity index (χ4n) is 2.00. The number of nitrogen functional groups attached to an aromatic ring is 1. The van der Waals surface area contributed by atoms with Gasteiger partial charge in [0.2, 0.25) is 0 Å². The number of aryl methyl sites for hydroxylation is 2. The standard InChI is InChI=1S/C12H10ClNO2/c1-5-3-7-9(13)11-8(4-6(2)15-11)10(14)12(7)16-5/h3-4H,14H2,1-2H3. The summed E-state index contributed by atoms with van der Waals surface area (Å²) in [7, 11) is 0. The molecule has 1 aromatic carbocycles. The predicted molar refractivity (Wildman–Crippen MR) is 64.9 cm³/mol. The molecule has 3 aromatic rings. The second kappa shape index (κ2) is 2.95. The molecule has 0 atom stereocenters. The van der Waals surface area contributed by atoms with Crippen LogP contribution in [0.3, 0.4) is 0 Å². The number of rotatable bonds is 0. The number of halogens is 1. The lowest BCUT2D eigenvalue weighted by Gasteiger charge is -1.99. The molecule has 3 rings (SSSR count). The predicted octanol–water partition coefficient (Wildman–Crippen LogP) is 4.03. The van der Waals surface area contributed by atoms with Crippen molar-refractivity contribution in [1.29, 1.82) is 0 Å². The zero-order valence-electron chi connectivity index (χ0n) is 8.93. The third kappa shape index (κ3) is 1.09. The molecule has 0 radical (unpaired) electrons. The monoisotopic (exact) mass is 235 g/mol. The van der Waals surface area contributed by atoms with Gasteiger partial charge in [0.25, 0.3) is 0 Å². The molecule has 0 amide bonds. The fraction of sp³-hybridized carbons (Fsp3) is 0.167. The van der Waals surface area contributed by atoms with E-state index in [2.05, 4.69) is 0 Å². The molecule has 16 heavy (non-hydrogen) atoms. The van der Waals surface area contributed by atoms with Crippen LogP contribution in [0.1, 0.15) is 11.5 Å². The van der Waals surface area contributed by atoms with Crippen LogP contribution in [-0.2, 0) is 0 Å². The number of fused-ring (bicyclic) bond motifs is 2. The second-order valence-corrected chi connectivity index (χ2v) is 4.31. The summed E-state index contributed by atoms with van der Waals surface area (Å²) in [6.45, 7) is 3.73. The smallest absolute Gasteiger partial charge is 0.159 e. The summed E-state index contributed by atoms with van der Waals surface area (Å²) in [6.07, 6.45) is 0. The van der Waals surface area contributed by atoms with E-state index in [1.165, 1.54) is 0 Å². The number of nitrogens with two attached hydrogens (primary N) is 1. The Morgan fingerprint density at radius 1 is 1.00 bits per heavy atom. The Morgan fingerprint density at radius 2 is 1.56 bits per heavy atom. The molecule has 0 saturated heterocycles. The van der Waals surface area contributed by atoms with Crippen LogP contribution in [0.15, 0.2) is 21.0 Å². The van der Waals surface area contributed by atoms with E-state index in [1.807, 2.05) is 26.0 Å². The Bertz CT molecular complexity index is 594. The van der Waals surface area contributed by atoms with Crippen molar-refractivity contribution in [2.75, 3.05) is 5.73 Å². The summed E-state index contributed by atoms with van der Waals surface area (Å²) in [4.78, 5) is 0. The Morgan fingerprint density at radius 3 is 2.25 bits per heavy atom. The van der Waals surface area contributed by atoms with Gasteiger partial charge in [0.05, 0.1) is 10.7 Å². The van der Waals surface area contributed by atoms with E-state index in [9.17, 15) is 0 Å². The molecule has 0 saturated carbocycles. The molecule has 2 heterocycles. The van der Waals surface area contributed by atoms with Gasteiger partial charge in [0, 0.05) is 10.8 Å². The molecule has 0 aliphatic heterocycles. The zero-order valence-corrected chi connectivity index (χ0v) is 9.68. The van der Waals surface area contributed by atoms with E-state index in [-0.39, 0.29) is 0 Å². The van der Waals surface area contributed by atoms with E-state index >= 15 is 0 Å². The summed E-state index contributed by atoms with van der Waals surface area (Å²) in [6, 6.07) is 3.74. The van der Waals surface area contributed by atoms with Gasteiger partial charge in [-0.3, -0.25) is 0 Å². The summed E-state index contributed by atoms with van der Waals surface area (Å²) in [5, 5.41) is 2.17. The van der Waals surface area contributed by atoms with Gasteiger partial charge in [-0.25, -0.2) is 0 Å². The van der Waals surface area contributed by atoms with Gasteiger partial charge in [-0.2, -0.15) is 0 Å². The summed E-state index contributed by atoms with van der Waals surface area (Å²) < 4.78 is 11.1. The van der Waals surface area contributed by atoms with E-state index in [1.54, 1.807) is 0 Å². The number of benzene rings is 1. The van der Waals surface area contributed by atoms with Crippen LogP contribution < -0.4 is 5.73 Å². The van der Waals surface area contributed by atoms with Gasteiger partial charge in [-0.05, 0) is 26.0 Å². The van der Waals surface area contributed by atoms with Crippen LogP contribution in [0.25, 0.3) is 21.9 Å². The maximum absolute atomic E-state index is 6.26. The molecule has 0 fully saturated rings. The zero-order chi connectivity index (χ0) is 11.4. The average molecular weight is 236 g/mol. The first-order chi connectivity index (χ1) is 7.58. The first-order valence-electron chi connectivity index (χ1n) is 4.95. The molecule has 0 aliphatic rings. The molecule has 0 aliphatic carbocycles. The van der Waals surface area contributed by atoms with Crippen LogP contribution in [0.5, 0.6) is 0 Å². The van der Waals surface area contributed by atoms with Gasteiger partial charge in [0.15, 0.2) is 11.2 Å². The fourth-order valence-corrected chi connectivity index (χ4v) is 2.28. The molecule has 0 bridgehead atoms. The minimum atomic E-state index is 0.559. The molecule has 0 spiro atoms. The molecular weight excluding hydrogens is 226 g/mol. The van der Waals surface area contributed by atoms with Crippen LogP contribution >= 0.6 is 11.6 Å². The SMILES string of the molecule is Cc1cc2c(Cl)c3oc(C)cc3c(N)c2o1. The first kappa shape index (κ1) is 9.60. The van der Waals surface area contributed by atoms with Crippen molar-refractivity contribution in [1.82, 2.24) is 0 Å². The molecule has 4 heteroatoms. The summed E-state index contributed by atoms with van der Waals surface area (Å²) >= 11 is 6.26. The Balaban J connectivity index is 2.63. The largest absolute Gasteiger partial charge is 0.460 e. The van der Waals surface area contributed by atoms with Crippen molar-refractivity contribution in [3.63, 3.8) is 0 Å². The van der Waals surface area contributed by atoms with E-state index in [0.29, 0.717) is 21.9 Å². The van der Waals surface area contributed by atoms with E-state index in [0.717, 1.165) is 22.3 Å². The molecule has 3 nitrogen and oxygen atoms in total. The first-order valence-corrected chi connectivity index (χ1v) is 5.33. The Kier molecular flexibility index (Phi) is 1.77. The number of hydrogen-bond donors (Lipinski definition) is 1. The highest BCUT2D eigenvalue weighted by molar-refractivity contribution is 6.41. The van der Waals surface area contributed by atoms with Gasteiger partial charge in [0.1, 0.15) is 11.5 Å². The van der Waals surface area contributed by atoms with Crippen LogP contribution in [0.4, 0.5) is 5.69 Å². The van der Waals surface area contributed by atoms with Crippen molar-refractivity contribution in [2.45, 2.75) is 13.8 Å². The van der Waals surface area contributed by atoms with Gasteiger partial charge >= 0.3 is 0 Å².